The van der Waals surface area contributed by atoms with E-state index in [4.69, 9.17) is 12.2 Å². The second kappa shape index (κ2) is 3.28. The molecule has 1 atom stereocenters. The van der Waals surface area contributed by atoms with Crippen LogP contribution in [0.4, 0.5) is 0 Å². The van der Waals surface area contributed by atoms with Crippen LogP contribution in [-0.4, -0.2) is 30.0 Å². The molecule has 0 spiro atoms. The van der Waals surface area contributed by atoms with Crippen molar-refractivity contribution in [3.05, 3.63) is 15.0 Å². The predicted octanol–water partition coefficient (Wildman–Crippen LogP) is 2.22. The van der Waals surface area contributed by atoms with Gasteiger partial charge in [-0.2, -0.15) is 0 Å². The van der Waals surface area contributed by atoms with Gasteiger partial charge in [-0.1, -0.05) is 0 Å². The number of thiazole rings is 1. The highest BCUT2D eigenvalue weighted by atomic mass is 32.1. The molecular formula is C8H12N2S2. The normalized spacial score (nSPS) is 24.9. The van der Waals surface area contributed by atoms with Crippen molar-refractivity contribution in [2.24, 2.45) is 0 Å². The van der Waals surface area contributed by atoms with E-state index in [0.29, 0.717) is 5.92 Å². The summed E-state index contributed by atoms with van der Waals surface area (Å²) in [5.74, 6) is 0.683. The van der Waals surface area contributed by atoms with Gasteiger partial charge in [0, 0.05) is 23.5 Å². The Hall–Kier alpha value is -0.190. The van der Waals surface area contributed by atoms with Gasteiger partial charge in [0.15, 0.2) is 3.95 Å². The highest BCUT2D eigenvalue weighted by Gasteiger charge is 2.21. The van der Waals surface area contributed by atoms with Crippen LogP contribution in [0.3, 0.4) is 0 Å². The van der Waals surface area contributed by atoms with E-state index in [9.17, 15) is 0 Å². The highest BCUT2D eigenvalue weighted by Crippen LogP contribution is 2.25. The summed E-state index contributed by atoms with van der Waals surface area (Å²) in [5, 5.41) is 2.16. The fourth-order valence-corrected chi connectivity index (χ4v) is 2.61. The maximum Gasteiger partial charge on any atom is 0.158 e. The molecule has 12 heavy (non-hydrogen) atoms. The van der Waals surface area contributed by atoms with Crippen molar-refractivity contribution in [1.82, 2.24) is 9.88 Å². The lowest BCUT2D eigenvalue weighted by molar-refractivity contribution is 0.411. The van der Waals surface area contributed by atoms with Crippen molar-refractivity contribution in [3.8, 4) is 0 Å². The highest BCUT2D eigenvalue weighted by molar-refractivity contribution is 7.73. The first-order valence-electron chi connectivity index (χ1n) is 4.12. The van der Waals surface area contributed by atoms with Gasteiger partial charge < -0.3 is 9.88 Å². The quantitative estimate of drug-likeness (QED) is 0.701. The number of H-pyrrole nitrogens is 1. The molecule has 1 aromatic rings. The topological polar surface area (TPSA) is 19.0 Å². The van der Waals surface area contributed by atoms with Gasteiger partial charge in [0.1, 0.15) is 0 Å². The number of hydrogen-bond acceptors (Lipinski definition) is 3. The monoisotopic (exact) mass is 200 g/mol. The number of hydrogen-bond donors (Lipinski definition) is 1. The van der Waals surface area contributed by atoms with Crippen LogP contribution in [0, 0.1) is 3.95 Å². The average molecular weight is 200 g/mol. The first-order valence-corrected chi connectivity index (χ1v) is 5.41. The second-order valence-electron chi connectivity index (χ2n) is 3.35. The molecule has 1 aliphatic heterocycles. The number of rotatable bonds is 1. The molecule has 1 unspecified atom stereocenters. The van der Waals surface area contributed by atoms with Gasteiger partial charge in [-0.25, -0.2) is 0 Å². The molecule has 2 heterocycles. The summed E-state index contributed by atoms with van der Waals surface area (Å²) in [4.78, 5) is 5.61. The second-order valence-corrected chi connectivity index (χ2v) is 4.90. The average Bonchev–Trinajstić information content (AvgIpc) is 2.58. The minimum absolute atomic E-state index is 0.683. The van der Waals surface area contributed by atoms with Crippen molar-refractivity contribution in [3.63, 3.8) is 0 Å². The first kappa shape index (κ1) is 8.41. The lowest BCUT2D eigenvalue weighted by atomic mass is 10.1. The Morgan fingerprint density at radius 1 is 1.75 bits per heavy atom. The molecule has 66 valence electrons. The fraction of sp³-hybridized carbons (Fsp3) is 0.625. The van der Waals surface area contributed by atoms with E-state index in [2.05, 4.69) is 22.3 Å². The van der Waals surface area contributed by atoms with Gasteiger partial charge in [-0.05, 0) is 32.2 Å². The lowest BCUT2D eigenvalue weighted by Gasteiger charge is -2.07. The van der Waals surface area contributed by atoms with Crippen LogP contribution in [0.25, 0.3) is 0 Å². The minimum Gasteiger partial charge on any atom is -0.341 e. The Labute approximate surface area is 81.2 Å². The van der Waals surface area contributed by atoms with Crippen molar-refractivity contribution < 1.29 is 0 Å². The van der Waals surface area contributed by atoms with Crippen LogP contribution >= 0.6 is 23.6 Å². The van der Waals surface area contributed by atoms with Crippen LogP contribution in [0.15, 0.2) is 5.38 Å². The summed E-state index contributed by atoms with van der Waals surface area (Å²) in [6.45, 7) is 2.38. The molecule has 1 aliphatic rings. The molecule has 0 saturated carbocycles. The predicted molar refractivity (Wildman–Crippen MR) is 54.4 cm³/mol. The van der Waals surface area contributed by atoms with Gasteiger partial charge in [0.05, 0.1) is 0 Å². The molecule has 1 aromatic heterocycles. The smallest absolute Gasteiger partial charge is 0.158 e. The summed E-state index contributed by atoms with van der Waals surface area (Å²) in [7, 11) is 2.17. The molecule has 1 N–H and O–H groups in total. The maximum absolute atomic E-state index is 5.05. The SMILES string of the molecule is CN1CCC(c2csc(=S)[nH]2)C1. The Morgan fingerprint density at radius 2 is 2.58 bits per heavy atom. The van der Waals surface area contributed by atoms with E-state index in [-0.39, 0.29) is 0 Å². The van der Waals surface area contributed by atoms with Crippen LogP contribution in [0.5, 0.6) is 0 Å². The largest absolute Gasteiger partial charge is 0.341 e. The molecular weight excluding hydrogens is 188 g/mol. The Balaban J connectivity index is 2.16. The Morgan fingerprint density at radius 3 is 3.08 bits per heavy atom. The first-order chi connectivity index (χ1) is 5.75. The maximum atomic E-state index is 5.05. The van der Waals surface area contributed by atoms with Crippen LogP contribution in [-0.2, 0) is 0 Å². The summed E-state index contributed by atoms with van der Waals surface area (Å²) in [6, 6.07) is 0. The number of aromatic amines is 1. The van der Waals surface area contributed by atoms with Crippen molar-refractivity contribution in [2.75, 3.05) is 20.1 Å². The zero-order valence-corrected chi connectivity index (χ0v) is 8.67. The summed E-state index contributed by atoms with van der Waals surface area (Å²) < 4.78 is 0.902. The summed E-state index contributed by atoms with van der Waals surface area (Å²) in [6.07, 6.45) is 1.26. The number of nitrogens with zero attached hydrogens (tertiary/aromatic N) is 1. The minimum atomic E-state index is 0.683. The van der Waals surface area contributed by atoms with Crippen LogP contribution < -0.4 is 0 Å². The molecule has 4 heteroatoms. The van der Waals surface area contributed by atoms with E-state index in [1.807, 2.05) is 0 Å². The molecule has 1 fully saturated rings. The van der Waals surface area contributed by atoms with E-state index < -0.39 is 0 Å². The number of likely N-dealkylation sites (tertiary alicyclic amines) is 1. The van der Waals surface area contributed by atoms with Gasteiger partial charge in [-0.15, -0.1) is 11.3 Å². The zero-order valence-electron chi connectivity index (χ0n) is 7.04. The number of nitrogens with one attached hydrogen (secondary N) is 1. The molecule has 0 aliphatic carbocycles. The number of aromatic nitrogens is 1. The van der Waals surface area contributed by atoms with Crippen molar-refractivity contribution in [1.29, 1.82) is 0 Å². The summed E-state index contributed by atoms with van der Waals surface area (Å²) in [5.41, 5.74) is 1.33. The third-order valence-electron chi connectivity index (χ3n) is 2.37. The van der Waals surface area contributed by atoms with Crippen LogP contribution in [0.1, 0.15) is 18.0 Å². The Bertz CT molecular complexity index is 315. The molecule has 0 radical (unpaired) electrons. The van der Waals surface area contributed by atoms with E-state index in [1.54, 1.807) is 11.3 Å². The third-order valence-corrected chi connectivity index (χ3v) is 3.45. The van der Waals surface area contributed by atoms with Crippen molar-refractivity contribution >= 4 is 23.6 Å². The molecule has 2 nitrogen and oxygen atoms in total. The van der Waals surface area contributed by atoms with Crippen molar-refractivity contribution in [2.45, 2.75) is 12.3 Å². The van der Waals surface area contributed by atoms with Crippen LogP contribution in [0.2, 0.25) is 0 Å². The lowest BCUT2D eigenvalue weighted by Crippen LogP contribution is -2.13. The third kappa shape index (κ3) is 1.60. The van der Waals surface area contributed by atoms with Gasteiger partial charge in [-0.3, -0.25) is 0 Å². The van der Waals surface area contributed by atoms with E-state index in [0.717, 1.165) is 3.95 Å². The molecule has 1 saturated heterocycles. The summed E-state index contributed by atoms with van der Waals surface area (Å²) >= 11 is 6.68. The van der Waals surface area contributed by atoms with E-state index >= 15 is 0 Å². The molecule has 0 amide bonds. The molecule has 0 aromatic carbocycles. The fourth-order valence-electron chi connectivity index (χ4n) is 1.68. The van der Waals surface area contributed by atoms with E-state index in [1.165, 1.54) is 25.2 Å². The Kier molecular flexibility index (Phi) is 2.30. The number of likely N-dealkylation sites (N-methyl/N-ethyl adjacent to an activating group) is 1. The van der Waals surface area contributed by atoms with Gasteiger partial charge in [0.25, 0.3) is 0 Å². The standard InChI is InChI=1S/C8H12N2S2/c1-10-3-2-6(4-10)7-5-12-8(11)9-7/h5-6H,2-4H2,1H3,(H,9,11). The molecule has 2 rings (SSSR count). The zero-order chi connectivity index (χ0) is 8.55. The van der Waals surface area contributed by atoms with Gasteiger partial charge in [0.2, 0.25) is 0 Å². The molecule has 0 bridgehead atoms. The van der Waals surface area contributed by atoms with Gasteiger partial charge >= 0.3 is 0 Å².